The fourth-order valence-electron chi connectivity index (χ4n) is 10.0. The number of aliphatic hydroxyl groups excluding tert-OH is 1. The van der Waals surface area contributed by atoms with Gasteiger partial charge in [0.15, 0.2) is 0 Å². The summed E-state index contributed by atoms with van der Waals surface area (Å²) in [5, 5.41) is 59.8. The van der Waals surface area contributed by atoms with Gasteiger partial charge in [0, 0.05) is 19.6 Å². The summed E-state index contributed by atoms with van der Waals surface area (Å²) in [6, 6.07) is -13.6. The minimum atomic E-state index is -4.33. The number of aliphatic hydroxyl groups is 1. The van der Waals surface area contributed by atoms with E-state index in [1.165, 1.54) is 0 Å². The molecule has 3 saturated heterocycles. The van der Waals surface area contributed by atoms with Gasteiger partial charge in [-0.1, -0.05) is 85.0 Å². The van der Waals surface area contributed by atoms with Gasteiger partial charge < -0.3 is 78.1 Å². The predicted octanol–water partition coefficient (Wildman–Crippen LogP) is -3.68. The van der Waals surface area contributed by atoms with Crippen LogP contribution >= 0.6 is 0 Å². The van der Waals surface area contributed by atoms with Crippen molar-refractivity contribution in [3.8, 4) is 0 Å². The van der Waals surface area contributed by atoms with Gasteiger partial charge in [-0.3, -0.25) is 67.1 Å². The number of piperidine rings is 1. The van der Waals surface area contributed by atoms with Gasteiger partial charge in [-0.25, -0.2) is 13.1 Å². The van der Waals surface area contributed by atoms with Crippen molar-refractivity contribution < 1.29 is 96.0 Å². The minimum Gasteiger partial charge on any atom is -0.481 e. The molecule has 0 aromatic heterocycles. The molecule has 3 rings (SSSR count). The normalized spacial score (nSPS) is 24.3. The van der Waals surface area contributed by atoms with Crippen molar-refractivity contribution in [1.29, 1.82) is 0 Å². The summed E-state index contributed by atoms with van der Waals surface area (Å²) in [6.45, 7) is 2.60. The molecule has 0 saturated carbocycles. The number of unbranched alkanes of at least 4 members (excludes halogenated alkanes) is 9. The van der Waals surface area contributed by atoms with Gasteiger partial charge in [0.05, 0.1) is 50.8 Å². The van der Waals surface area contributed by atoms with Gasteiger partial charge in [-0.15, -0.1) is 0 Å². The highest BCUT2D eigenvalue weighted by molar-refractivity contribution is 7.89. The molecule has 0 spiro atoms. The quantitative estimate of drug-likeness (QED) is 0.0414. The van der Waals surface area contributed by atoms with E-state index in [4.69, 9.17) is 0 Å². The molecule has 490 valence electrons. The molecule has 3 aliphatic rings. The number of hydrogen-bond donors (Lipinski definition) is 14. The number of fused-ring (bicyclic) bond motifs is 2. The monoisotopic (exact) mass is 1260 g/mol. The van der Waals surface area contributed by atoms with E-state index in [9.17, 15) is 96.0 Å². The molecule has 87 heavy (non-hydrogen) atoms. The number of sulfonamides is 1. The van der Waals surface area contributed by atoms with E-state index in [1.807, 2.05) is 10.6 Å². The van der Waals surface area contributed by atoms with Crippen LogP contribution in [0.3, 0.4) is 0 Å². The molecule has 3 fully saturated rings. The van der Waals surface area contributed by atoms with Crippen LogP contribution in [0.25, 0.3) is 0 Å². The molecule has 14 N–H and O–H groups in total. The second-order valence-corrected chi connectivity index (χ2v) is 23.9. The molecular weight excluding hydrogens is 1170 g/mol. The highest BCUT2D eigenvalue weighted by Crippen LogP contribution is 2.23. The average Bonchev–Trinajstić information content (AvgIpc) is 2.70. The van der Waals surface area contributed by atoms with Crippen LogP contribution in [0.2, 0.25) is 0 Å². The van der Waals surface area contributed by atoms with Crippen LogP contribution in [0, 0.1) is 5.92 Å². The molecule has 3 aliphatic heterocycles. The van der Waals surface area contributed by atoms with E-state index in [0.717, 1.165) is 68.1 Å². The van der Waals surface area contributed by atoms with Crippen molar-refractivity contribution in [1.82, 2.24) is 62.4 Å². The molecule has 10 atom stereocenters. The maximum absolute atomic E-state index is 14.8. The maximum Gasteiger partial charge on any atom is 0.305 e. The summed E-state index contributed by atoms with van der Waals surface area (Å²) in [5.74, 6) is -18.0. The van der Waals surface area contributed by atoms with E-state index < -0.39 is 204 Å². The fraction of sp³-hybridized carbons (Fsp3) is 0.741. The SMILES string of the molecule is CCCCCCCCCCCCS(=O)(=O)N[C@@H](CC(=O)O)C(=O)N[C@H]1CNC(=O)[C@@H]2CCCN2C(=O)[C@H]([C@@H](C)CC)NC(=O)[C@H]([C@@H](C)O)NC(=O)CNC(=O)[C@H](CC(=O)O)NC(=O)CNC(=O)[C@H](CC(=O)O)NC(=O)CNC(=O)[C@@H]2CCCCN2C1=O. The molecule has 0 radical (unpaired) electrons. The Hall–Kier alpha value is -7.55. The molecule has 32 nitrogen and oxygen atoms in total. The van der Waals surface area contributed by atoms with E-state index >= 15 is 0 Å². The lowest BCUT2D eigenvalue weighted by molar-refractivity contribution is -0.146. The van der Waals surface area contributed by atoms with Crippen LogP contribution in [0.1, 0.15) is 150 Å². The third-order valence-corrected chi connectivity index (χ3v) is 16.5. The summed E-state index contributed by atoms with van der Waals surface area (Å²) >= 11 is 0. The topological polar surface area (TPSA) is 481 Å². The second-order valence-electron chi connectivity index (χ2n) is 22.1. The highest BCUT2D eigenvalue weighted by atomic mass is 32.2. The van der Waals surface area contributed by atoms with Crippen molar-refractivity contribution in [2.75, 3.05) is 45.0 Å². The number of aliphatic carboxylic acids is 3. The molecule has 33 heteroatoms. The lowest BCUT2D eigenvalue weighted by atomic mass is 9.96. The first kappa shape index (κ1) is 73.7. The Balaban J connectivity index is 2.05. The summed E-state index contributed by atoms with van der Waals surface area (Å²) in [6.07, 6.45) is 5.09. The number of carboxylic acids is 3. The van der Waals surface area contributed by atoms with Crippen LogP contribution in [-0.2, 0) is 77.1 Å². The molecule has 3 heterocycles. The third-order valence-electron chi connectivity index (χ3n) is 15.0. The van der Waals surface area contributed by atoms with Crippen molar-refractivity contribution in [2.45, 2.75) is 204 Å². The lowest BCUT2D eigenvalue weighted by Gasteiger charge is -2.37. The van der Waals surface area contributed by atoms with Crippen LogP contribution in [0.5, 0.6) is 0 Å². The van der Waals surface area contributed by atoms with Crippen molar-refractivity contribution >= 4 is 92.9 Å². The van der Waals surface area contributed by atoms with Gasteiger partial charge in [0.25, 0.3) is 0 Å². The number of carboxylic acid groups (broad SMARTS) is 3. The molecule has 0 aliphatic carbocycles. The van der Waals surface area contributed by atoms with E-state index in [1.54, 1.807) is 13.8 Å². The molecule has 0 aromatic carbocycles. The zero-order valence-electron chi connectivity index (χ0n) is 49.8. The molecule has 0 bridgehead atoms. The molecule has 0 unspecified atom stereocenters. The average molecular weight is 1260 g/mol. The van der Waals surface area contributed by atoms with Crippen molar-refractivity contribution in [3.05, 3.63) is 0 Å². The Morgan fingerprint density at radius 2 is 1.03 bits per heavy atom. The zero-order chi connectivity index (χ0) is 65.0. The molecule has 11 amide bonds. The Kier molecular flexibility index (Phi) is 31.5. The number of nitrogens with zero attached hydrogens (tertiary/aromatic N) is 2. The Bertz CT molecular complexity index is 2570. The highest BCUT2D eigenvalue weighted by Gasteiger charge is 2.43. The number of carbonyl (C=O) groups is 14. The third kappa shape index (κ3) is 25.7. The first-order chi connectivity index (χ1) is 41.1. The van der Waals surface area contributed by atoms with Crippen LogP contribution in [-0.4, -0.2) is 221 Å². The van der Waals surface area contributed by atoms with Crippen molar-refractivity contribution in [3.63, 3.8) is 0 Å². The standard InChI is InChI=1S/C54H88N12O20S/c1-5-7-8-9-10-11-12-13-14-17-23-87(85,86)64-35(26-44(75)76)49(79)61-36-27-55-50(80)38-20-18-22-66(38)54(84)45(31(3)6-2)63-52(82)46(32(4)67)62-41(70)30-57-48(78)34(25-43(73)74)59-39(68)28-56-47(77)33(24-42(71)72)60-40(69)29-58-51(81)37-19-15-16-21-65(37)53(36)83/h31-38,45-46,64,67H,5-30H2,1-4H3,(H,55,80)(H,56,77)(H,57,78)(H,58,81)(H,59,68)(H,60,69)(H,61,79)(H,62,70)(H,63,82)(H,71,72)(H,73,74)(H,75,76)/t31-,32+,33-,34-,35-,36-,37-,38-,45-,46-/m0/s1. The van der Waals surface area contributed by atoms with Gasteiger partial charge >= 0.3 is 17.9 Å². The van der Waals surface area contributed by atoms with Crippen LogP contribution in [0.4, 0.5) is 0 Å². The van der Waals surface area contributed by atoms with Gasteiger partial charge in [0.1, 0.15) is 48.3 Å². The van der Waals surface area contributed by atoms with E-state index in [2.05, 4.69) is 48.9 Å². The first-order valence-electron chi connectivity index (χ1n) is 29.6. The predicted molar refractivity (Wildman–Crippen MR) is 306 cm³/mol. The van der Waals surface area contributed by atoms with Crippen molar-refractivity contribution in [2.24, 2.45) is 5.92 Å². The number of amides is 11. The Morgan fingerprint density at radius 3 is 1.54 bits per heavy atom. The van der Waals surface area contributed by atoms with Crippen LogP contribution in [0.15, 0.2) is 0 Å². The molecular formula is C54H88N12O20S. The number of rotatable bonds is 24. The zero-order valence-corrected chi connectivity index (χ0v) is 50.6. The lowest BCUT2D eigenvalue weighted by Crippen LogP contribution is -2.63. The summed E-state index contributed by atoms with van der Waals surface area (Å²) in [4.78, 5) is 189. The Morgan fingerprint density at radius 1 is 0.563 bits per heavy atom. The number of hydrogen-bond acceptors (Lipinski definition) is 17. The summed E-state index contributed by atoms with van der Waals surface area (Å²) in [5.41, 5.74) is 0. The summed E-state index contributed by atoms with van der Waals surface area (Å²) < 4.78 is 28.9. The maximum atomic E-state index is 14.8. The van der Waals surface area contributed by atoms with Crippen LogP contribution < -0.4 is 52.6 Å². The Labute approximate surface area is 504 Å². The molecule has 0 aromatic rings. The smallest absolute Gasteiger partial charge is 0.305 e. The fourth-order valence-corrected chi connectivity index (χ4v) is 11.4. The number of nitrogens with one attached hydrogen (secondary N) is 10. The van der Waals surface area contributed by atoms with Gasteiger partial charge in [-0.2, -0.15) is 0 Å². The van der Waals surface area contributed by atoms with E-state index in [-0.39, 0.29) is 51.6 Å². The van der Waals surface area contributed by atoms with E-state index in [0.29, 0.717) is 12.8 Å². The second kappa shape index (κ2) is 37.2. The van der Waals surface area contributed by atoms with Gasteiger partial charge in [0.2, 0.25) is 75.0 Å². The largest absolute Gasteiger partial charge is 0.481 e. The minimum absolute atomic E-state index is 0.0317. The summed E-state index contributed by atoms with van der Waals surface area (Å²) in [7, 11) is -4.33. The number of carbonyl (C=O) groups excluding carboxylic acids is 11. The first-order valence-corrected chi connectivity index (χ1v) is 31.3. The van der Waals surface area contributed by atoms with Gasteiger partial charge in [-0.05, 0) is 51.4 Å².